The molecule has 0 saturated heterocycles. The predicted octanol–water partition coefficient (Wildman–Crippen LogP) is 10.6. The molecule has 0 aromatic carbocycles. The maximum Gasteiger partial charge on any atom is 0.472 e. The van der Waals surface area contributed by atoms with Crippen molar-refractivity contribution in [1.82, 2.24) is 0 Å². The van der Waals surface area contributed by atoms with E-state index in [1.54, 1.807) is 0 Å². The summed E-state index contributed by atoms with van der Waals surface area (Å²) in [6.07, 6.45) is 40.4. The van der Waals surface area contributed by atoms with Crippen LogP contribution >= 0.6 is 7.82 Å². The van der Waals surface area contributed by atoms with E-state index in [4.69, 9.17) is 24.8 Å². The van der Waals surface area contributed by atoms with Gasteiger partial charge in [-0.15, -0.1) is 0 Å². The average molecular weight is 784 g/mol. The minimum atomic E-state index is -4.73. The Balaban J connectivity index is 4.49. The van der Waals surface area contributed by atoms with E-state index in [0.717, 1.165) is 57.8 Å². The Morgan fingerprint density at radius 3 is 1.56 bits per heavy atom. The van der Waals surface area contributed by atoms with E-state index in [1.807, 2.05) is 0 Å². The molecule has 312 valence electrons. The van der Waals surface area contributed by atoms with Gasteiger partial charge in [0.25, 0.3) is 0 Å². The molecule has 0 radical (unpaired) electrons. The molecule has 0 heterocycles. The Hall–Kier alpha value is -2.56. The molecule has 0 aromatic heterocycles. The fourth-order valence-corrected chi connectivity index (χ4v) is 6.02. The Bertz CT molecular complexity index is 1110. The average Bonchev–Trinajstić information content (AvgIpc) is 3.14. The second-order valence-corrected chi connectivity index (χ2v) is 15.2. The Morgan fingerprint density at radius 1 is 0.574 bits per heavy atom. The molecule has 0 aliphatic carbocycles. The highest BCUT2D eigenvalue weighted by Gasteiger charge is 2.28. The fraction of sp³-hybridized carbons (Fsp3) is 0.738. The van der Waals surface area contributed by atoms with Crippen LogP contribution < -0.4 is 5.73 Å². The van der Waals surface area contributed by atoms with Gasteiger partial charge < -0.3 is 25.2 Å². The minimum Gasteiger partial charge on any atom is -0.480 e. The first-order valence-electron chi connectivity index (χ1n) is 20.7. The van der Waals surface area contributed by atoms with Crippen molar-refractivity contribution in [3.63, 3.8) is 0 Å². The third kappa shape index (κ3) is 36.4. The summed E-state index contributed by atoms with van der Waals surface area (Å²) in [6.45, 7) is 2.70. The first-order chi connectivity index (χ1) is 26.1. The molecule has 0 aromatic rings. The number of rotatable bonds is 38. The molecule has 0 spiro atoms. The highest BCUT2D eigenvalue weighted by Crippen LogP contribution is 2.43. The lowest BCUT2D eigenvalue weighted by Gasteiger charge is -2.20. The van der Waals surface area contributed by atoms with E-state index in [1.165, 1.54) is 70.6 Å². The molecule has 0 rings (SSSR count). The number of carboxylic acid groups (broad SMARTS) is 1. The van der Waals surface area contributed by atoms with Crippen LogP contribution in [-0.4, -0.2) is 59.9 Å². The SMILES string of the molecule is CCCCC/C=C/C/C=C/C/C=C/CCCCC(=O)OC[C@H](COP(=O)(O)OC[C@H](N)C(=O)O)OC(=O)CCCCC/C=C/CCCCCCCCCC. The topological polar surface area (TPSA) is 172 Å². The Kier molecular flexibility index (Phi) is 35.6. The van der Waals surface area contributed by atoms with E-state index in [-0.39, 0.29) is 19.4 Å². The monoisotopic (exact) mass is 784 g/mol. The predicted molar refractivity (Wildman–Crippen MR) is 217 cm³/mol. The molecule has 0 aliphatic rings. The molecule has 12 heteroatoms. The molecule has 0 saturated carbocycles. The highest BCUT2D eigenvalue weighted by molar-refractivity contribution is 7.47. The van der Waals surface area contributed by atoms with Gasteiger partial charge in [0.15, 0.2) is 6.10 Å². The first-order valence-corrected chi connectivity index (χ1v) is 22.2. The number of ether oxygens (including phenoxy) is 2. The summed E-state index contributed by atoms with van der Waals surface area (Å²) in [7, 11) is -4.73. The first kappa shape index (κ1) is 51.4. The summed E-state index contributed by atoms with van der Waals surface area (Å²) in [5, 5.41) is 8.87. The van der Waals surface area contributed by atoms with Gasteiger partial charge in [0, 0.05) is 12.8 Å². The molecule has 0 amide bonds. The van der Waals surface area contributed by atoms with E-state index in [0.29, 0.717) is 12.8 Å². The summed E-state index contributed by atoms with van der Waals surface area (Å²) in [6, 6.07) is -1.53. The van der Waals surface area contributed by atoms with Crippen LogP contribution in [0.3, 0.4) is 0 Å². The summed E-state index contributed by atoms with van der Waals surface area (Å²) < 4.78 is 32.6. The molecule has 0 fully saturated rings. The van der Waals surface area contributed by atoms with Gasteiger partial charge in [0.05, 0.1) is 13.2 Å². The van der Waals surface area contributed by atoms with E-state index in [2.05, 4.69) is 67.0 Å². The highest BCUT2D eigenvalue weighted by atomic mass is 31.2. The van der Waals surface area contributed by atoms with Gasteiger partial charge in [-0.3, -0.25) is 23.4 Å². The smallest absolute Gasteiger partial charge is 0.472 e. The molecule has 11 nitrogen and oxygen atoms in total. The number of carbonyl (C=O) groups is 3. The third-order valence-corrected chi connectivity index (χ3v) is 9.50. The zero-order chi connectivity index (χ0) is 40.0. The van der Waals surface area contributed by atoms with Crippen LogP contribution in [0.1, 0.15) is 168 Å². The number of phosphoric ester groups is 1. The van der Waals surface area contributed by atoms with Crippen LogP contribution in [0.4, 0.5) is 0 Å². The second-order valence-electron chi connectivity index (χ2n) is 13.8. The van der Waals surface area contributed by atoms with Crippen molar-refractivity contribution in [2.45, 2.75) is 180 Å². The van der Waals surface area contributed by atoms with Crippen molar-refractivity contribution >= 4 is 25.7 Å². The summed E-state index contributed by atoms with van der Waals surface area (Å²) >= 11 is 0. The number of aliphatic carboxylic acids is 1. The molecule has 0 bridgehead atoms. The van der Waals surface area contributed by atoms with Gasteiger partial charge in [-0.25, -0.2) is 4.57 Å². The number of hydrogen-bond donors (Lipinski definition) is 3. The van der Waals surface area contributed by atoms with Crippen molar-refractivity contribution in [2.24, 2.45) is 5.73 Å². The number of carbonyl (C=O) groups excluding carboxylic acids is 2. The van der Waals surface area contributed by atoms with E-state index < -0.39 is 51.1 Å². The zero-order valence-corrected chi connectivity index (χ0v) is 34.4. The Labute approximate surface area is 326 Å². The van der Waals surface area contributed by atoms with Gasteiger partial charge in [0.2, 0.25) is 0 Å². The number of phosphoric acid groups is 1. The van der Waals surface area contributed by atoms with Gasteiger partial charge >= 0.3 is 25.7 Å². The van der Waals surface area contributed by atoms with Crippen LogP contribution in [0.2, 0.25) is 0 Å². The fourth-order valence-electron chi connectivity index (χ4n) is 5.24. The summed E-state index contributed by atoms with van der Waals surface area (Å²) in [5.74, 6) is -2.45. The number of carboxylic acids is 1. The lowest BCUT2D eigenvalue weighted by molar-refractivity contribution is -0.161. The van der Waals surface area contributed by atoms with Crippen molar-refractivity contribution in [2.75, 3.05) is 19.8 Å². The largest absolute Gasteiger partial charge is 0.480 e. The maximum atomic E-state index is 12.6. The number of esters is 2. The lowest BCUT2D eigenvalue weighted by atomic mass is 10.1. The number of allylic oxidation sites excluding steroid dienone is 8. The third-order valence-electron chi connectivity index (χ3n) is 8.55. The quantitative estimate of drug-likeness (QED) is 0.0235. The van der Waals surface area contributed by atoms with Crippen molar-refractivity contribution in [3.05, 3.63) is 48.6 Å². The number of unbranched alkanes of at least 4 members (excludes halogenated alkanes) is 16. The van der Waals surface area contributed by atoms with Gasteiger partial charge in [-0.05, 0) is 77.0 Å². The molecule has 3 atom stereocenters. The van der Waals surface area contributed by atoms with Crippen molar-refractivity contribution in [3.8, 4) is 0 Å². The van der Waals surface area contributed by atoms with Crippen molar-refractivity contribution in [1.29, 1.82) is 0 Å². The Morgan fingerprint density at radius 2 is 0.981 bits per heavy atom. The molecule has 4 N–H and O–H groups in total. The second kappa shape index (κ2) is 37.4. The van der Waals surface area contributed by atoms with E-state index in [9.17, 15) is 23.8 Å². The maximum absolute atomic E-state index is 12.6. The van der Waals surface area contributed by atoms with Crippen LogP contribution in [0, 0.1) is 0 Å². The van der Waals surface area contributed by atoms with Gasteiger partial charge in [-0.1, -0.05) is 127 Å². The lowest BCUT2D eigenvalue weighted by Crippen LogP contribution is -2.34. The zero-order valence-electron chi connectivity index (χ0n) is 33.6. The minimum absolute atomic E-state index is 0.132. The molecule has 1 unspecified atom stereocenters. The molecular formula is C42H74NO10P. The molecule has 54 heavy (non-hydrogen) atoms. The summed E-state index contributed by atoms with van der Waals surface area (Å²) in [5.41, 5.74) is 5.32. The standard InChI is InChI=1S/C42H74NO10P/c1-3-5-7-9-11-13-15-17-19-21-23-25-27-29-31-33-40(44)50-35-38(36-51-54(48,49)52-37-39(43)42(46)47)53-41(45)34-32-30-28-26-24-22-20-18-16-14-12-10-8-6-4-2/h11,13,17,19,22-25,38-39H,3-10,12,14-16,18,20-21,26-37,43H2,1-2H3,(H,46,47)(H,48,49)/b13-11+,19-17+,24-22+,25-23+/t38-,39+/m1/s1. The van der Waals surface area contributed by atoms with Crippen molar-refractivity contribution < 1.29 is 47.5 Å². The number of nitrogens with two attached hydrogens (primary N) is 1. The van der Waals surface area contributed by atoms with Crippen LogP contribution in [0.25, 0.3) is 0 Å². The summed E-state index contributed by atoms with van der Waals surface area (Å²) in [4.78, 5) is 45.8. The van der Waals surface area contributed by atoms with Crippen LogP contribution in [0.5, 0.6) is 0 Å². The van der Waals surface area contributed by atoms with Crippen LogP contribution in [-0.2, 0) is 37.5 Å². The van der Waals surface area contributed by atoms with Crippen LogP contribution in [0.15, 0.2) is 48.6 Å². The number of hydrogen-bond acceptors (Lipinski definition) is 9. The molecular weight excluding hydrogens is 709 g/mol. The van der Waals surface area contributed by atoms with Gasteiger partial charge in [0.1, 0.15) is 12.6 Å². The molecule has 0 aliphatic heterocycles. The van der Waals surface area contributed by atoms with E-state index >= 15 is 0 Å². The normalized spacial score (nSPS) is 14.3. The van der Waals surface area contributed by atoms with Gasteiger partial charge in [-0.2, -0.15) is 0 Å².